The van der Waals surface area contributed by atoms with Crippen LogP contribution in [0.2, 0.25) is 5.02 Å². The number of anilines is 4. The standard InChI is InChI=1S/C23H29ClN6O3S/c1-5-26-34(31,32)27-13-17-8-7-9-18(12-17)28-22-20(24)14-25-23(30-22)29-19-10-15(3)21(33-6-2)16(4)11-19/h7-12,14,26-27H,5-6,13H2,1-4H3,(H2,25,28,29,30). The summed E-state index contributed by atoms with van der Waals surface area (Å²) in [4.78, 5) is 8.78. The lowest BCUT2D eigenvalue weighted by molar-refractivity contribution is 0.335. The molecule has 0 atom stereocenters. The van der Waals surface area contributed by atoms with Crippen LogP contribution >= 0.6 is 11.6 Å². The van der Waals surface area contributed by atoms with Crippen molar-refractivity contribution in [3.8, 4) is 5.75 Å². The van der Waals surface area contributed by atoms with E-state index in [0.717, 1.165) is 28.1 Å². The number of hydrogen-bond donors (Lipinski definition) is 4. The van der Waals surface area contributed by atoms with Crippen molar-refractivity contribution in [2.45, 2.75) is 34.2 Å². The SMILES string of the molecule is CCNS(=O)(=O)NCc1cccc(Nc2nc(Nc3cc(C)c(OCC)c(C)c3)ncc2Cl)c1. The Morgan fingerprint density at radius 3 is 2.41 bits per heavy atom. The number of rotatable bonds is 11. The van der Waals surface area contributed by atoms with Crippen molar-refractivity contribution < 1.29 is 13.2 Å². The van der Waals surface area contributed by atoms with Crippen LogP contribution in [-0.2, 0) is 16.8 Å². The van der Waals surface area contributed by atoms with Crippen LogP contribution in [0.5, 0.6) is 5.75 Å². The van der Waals surface area contributed by atoms with Gasteiger partial charge in [-0.1, -0.05) is 30.7 Å². The first-order valence-corrected chi connectivity index (χ1v) is 12.7. The van der Waals surface area contributed by atoms with E-state index < -0.39 is 10.2 Å². The monoisotopic (exact) mass is 504 g/mol. The Kier molecular flexibility index (Phi) is 8.67. The van der Waals surface area contributed by atoms with Gasteiger partial charge in [-0.3, -0.25) is 0 Å². The number of hydrogen-bond acceptors (Lipinski definition) is 7. The molecule has 0 aliphatic carbocycles. The molecule has 0 amide bonds. The van der Waals surface area contributed by atoms with E-state index in [-0.39, 0.29) is 6.54 Å². The molecule has 0 spiro atoms. The Morgan fingerprint density at radius 2 is 1.74 bits per heavy atom. The van der Waals surface area contributed by atoms with E-state index in [2.05, 4.69) is 30.0 Å². The Hall–Kier alpha value is -2.92. The number of halogens is 1. The van der Waals surface area contributed by atoms with Crippen molar-refractivity contribution in [3.63, 3.8) is 0 Å². The van der Waals surface area contributed by atoms with E-state index in [1.807, 2.05) is 57.2 Å². The van der Waals surface area contributed by atoms with Gasteiger partial charge in [-0.05, 0) is 61.7 Å². The second-order valence-electron chi connectivity index (χ2n) is 7.54. The second kappa shape index (κ2) is 11.5. The molecule has 3 rings (SSSR count). The summed E-state index contributed by atoms with van der Waals surface area (Å²) < 4.78 is 34.2. The lowest BCUT2D eigenvalue weighted by Gasteiger charge is -2.14. The van der Waals surface area contributed by atoms with Gasteiger partial charge in [0, 0.05) is 24.5 Å². The molecular formula is C23H29ClN6O3S. The summed E-state index contributed by atoms with van der Waals surface area (Å²) in [5.41, 5.74) is 4.34. The molecule has 11 heteroatoms. The highest BCUT2D eigenvalue weighted by Gasteiger charge is 2.11. The fourth-order valence-corrected chi connectivity index (χ4v) is 4.33. The summed E-state index contributed by atoms with van der Waals surface area (Å²) in [5, 5.41) is 6.73. The molecule has 0 bridgehead atoms. The summed E-state index contributed by atoms with van der Waals surface area (Å²) in [7, 11) is -3.53. The molecule has 3 aromatic rings. The van der Waals surface area contributed by atoms with E-state index in [4.69, 9.17) is 16.3 Å². The van der Waals surface area contributed by atoms with E-state index in [1.165, 1.54) is 6.20 Å². The molecule has 182 valence electrons. The van der Waals surface area contributed by atoms with Gasteiger partial charge in [0.25, 0.3) is 10.2 Å². The largest absolute Gasteiger partial charge is 0.493 e. The molecule has 0 saturated carbocycles. The van der Waals surface area contributed by atoms with Crippen molar-refractivity contribution in [1.82, 2.24) is 19.4 Å². The van der Waals surface area contributed by atoms with Crippen molar-refractivity contribution in [3.05, 3.63) is 64.3 Å². The predicted molar refractivity (Wildman–Crippen MR) is 137 cm³/mol. The summed E-state index contributed by atoms with van der Waals surface area (Å²) in [6, 6.07) is 11.2. The molecule has 1 aromatic heterocycles. The average molecular weight is 505 g/mol. The molecule has 9 nitrogen and oxygen atoms in total. The molecule has 1 heterocycles. The lowest BCUT2D eigenvalue weighted by Crippen LogP contribution is -2.35. The van der Waals surface area contributed by atoms with E-state index >= 15 is 0 Å². The minimum Gasteiger partial charge on any atom is -0.493 e. The van der Waals surface area contributed by atoms with Gasteiger partial charge in [-0.2, -0.15) is 18.1 Å². The molecule has 0 radical (unpaired) electrons. The van der Waals surface area contributed by atoms with Gasteiger partial charge in [0.15, 0.2) is 5.82 Å². The normalized spacial score (nSPS) is 11.3. The minimum absolute atomic E-state index is 0.144. The molecule has 4 N–H and O–H groups in total. The van der Waals surface area contributed by atoms with Crippen LogP contribution in [0, 0.1) is 13.8 Å². The Labute approximate surface area is 205 Å². The highest BCUT2D eigenvalue weighted by Crippen LogP contribution is 2.29. The topological polar surface area (TPSA) is 117 Å². The Morgan fingerprint density at radius 1 is 1.00 bits per heavy atom. The lowest BCUT2D eigenvalue weighted by atomic mass is 10.1. The highest BCUT2D eigenvalue weighted by atomic mass is 35.5. The maximum atomic E-state index is 11.8. The van der Waals surface area contributed by atoms with Gasteiger partial charge in [0.1, 0.15) is 10.8 Å². The van der Waals surface area contributed by atoms with Crippen molar-refractivity contribution in [1.29, 1.82) is 0 Å². The molecule has 0 aliphatic heterocycles. The zero-order valence-electron chi connectivity index (χ0n) is 19.6. The van der Waals surface area contributed by atoms with Crippen LogP contribution in [0.4, 0.5) is 23.1 Å². The third kappa shape index (κ3) is 7.04. The van der Waals surface area contributed by atoms with Gasteiger partial charge in [-0.25, -0.2) is 9.71 Å². The van der Waals surface area contributed by atoms with Crippen LogP contribution in [-0.4, -0.2) is 31.5 Å². The van der Waals surface area contributed by atoms with E-state index in [0.29, 0.717) is 35.6 Å². The Bertz CT molecular complexity index is 1230. The minimum atomic E-state index is -3.53. The van der Waals surface area contributed by atoms with E-state index in [9.17, 15) is 8.42 Å². The number of aromatic nitrogens is 2. The molecule has 0 aliphatic rings. The van der Waals surface area contributed by atoms with Crippen LogP contribution in [0.1, 0.15) is 30.5 Å². The summed E-state index contributed by atoms with van der Waals surface area (Å²) in [5.74, 6) is 1.67. The molecule has 0 fully saturated rings. The smallest absolute Gasteiger partial charge is 0.277 e. The van der Waals surface area contributed by atoms with Crippen molar-refractivity contribution >= 4 is 45.0 Å². The number of nitrogens with one attached hydrogen (secondary N) is 4. The fraction of sp³-hybridized carbons (Fsp3) is 0.304. The van der Waals surface area contributed by atoms with Gasteiger partial charge in [0.05, 0.1) is 12.8 Å². The maximum Gasteiger partial charge on any atom is 0.277 e. The van der Waals surface area contributed by atoms with Crippen molar-refractivity contribution in [2.75, 3.05) is 23.8 Å². The van der Waals surface area contributed by atoms with Crippen LogP contribution in [0.15, 0.2) is 42.6 Å². The molecule has 0 saturated heterocycles. The average Bonchev–Trinajstić information content (AvgIpc) is 2.78. The van der Waals surface area contributed by atoms with Gasteiger partial charge in [0.2, 0.25) is 5.95 Å². The van der Waals surface area contributed by atoms with Gasteiger partial charge < -0.3 is 15.4 Å². The number of aryl methyl sites for hydroxylation is 2. The third-order valence-corrected chi connectivity index (χ3v) is 6.21. The molecule has 0 unspecified atom stereocenters. The predicted octanol–water partition coefficient (Wildman–Crippen LogP) is 4.58. The van der Waals surface area contributed by atoms with E-state index in [1.54, 1.807) is 6.92 Å². The fourth-order valence-electron chi connectivity index (χ4n) is 3.35. The molecular weight excluding hydrogens is 476 g/mol. The molecule has 2 aromatic carbocycles. The summed E-state index contributed by atoms with van der Waals surface area (Å²) in [6.07, 6.45) is 1.52. The van der Waals surface area contributed by atoms with Crippen molar-refractivity contribution in [2.24, 2.45) is 0 Å². The first-order valence-electron chi connectivity index (χ1n) is 10.8. The number of ether oxygens (including phenoxy) is 1. The summed E-state index contributed by atoms with van der Waals surface area (Å²) >= 11 is 6.32. The maximum absolute atomic E-state index is 11.8. The first kappa shape index (κ1) is 25.7. The van der Waals surface area contributed by atoms with Crippen LogP contribution in [0.25, 0.3) is 0 Å². The number of nitrogens with zero attached hydrogens (tertiary/aromatic N) is 2. The Balaban J connectivity index is 1.75. The van der Waals surface area contributed by atoms with Crippen LogP contribution < -0.4 is 24.8 Å². The quantitative estimate of drug-likeness (QED) is 0.302. The van der Waals surface area contributed by atoms with Gasteiger partial charge >= 0.3 is 0 Å². The summed E-state index contributed by atoms with van der Waals surface area (Å²) in [6.45, 7) is 8.72. The van der Waals surface area contributed by atoms with Crippen LogP contribution in [0.3, 0.4) is 0 Å². The highest BCUT2D eigenvalue weighted by molar-refractivity contribution is 7.87. The zero-order valence-corrected chi connectivity index (χ0v) is 21.1. The first-order chi connectivity index (χ1) is 16.2. The number of benzene rings is 2. The second-order valence-corrected chi connectivity index (χ2v) is 9.53. The third-order valence-electron chi connectivity index (χ3n) is 4.74. The zero-order chi connectivity index (χ0) is 24.7. The molecule has 34 heavy (non-hydrogen) atoms. The van der Waals surface area contributed by atoms with Gasteiger partial charge in [-0.15, -0.1) is 0 Å².